The average molecular weight is 276 g/mol. The van der Waals surface area contributed by atoms with Gasteiger partial charge in [-0.3, -0.25) is 4.79 Å². The number of nitrogen functional groups attached to an aromatic ring is 1. The van der Waals surface area contributed by atoms with Crippen molar-refractivity contribution in [3.63, 3.8) is 0 Å². The maximum absolute atomic E-state index is 11.6. The number of hydrogen-bond acceptors (Lipinski definition) is 5. The molecule has 0 spiro atoms. The third-order valence-electron chi connectivity index (χ3n) is 3.51. The van der Waals surface area contributed by atoms with E-state index in [1.165, 1.54) is 6.33 Å². The van der Waals surface area contributed by atoms with Gasteiger partial charge in [0.2, 0.25) is 0 Å². The van der Waals surface area contributed by atoms with E-state index in [9.17, 15) is 4.79 Å². The number of aliphatic hydroxyl groups excluding tert-OH is 1. The summed E-state index contributed by atoms with van der Waals surface area (Å²) in [5.41, 5.74) is 7.68. The van der Waals surface area contributed by atoms with Crippen molar-refractivity contribution in [1.82, 2.24) is 9.97 Å². The summed E-state index contributed by atoms with van der Waals surface area (Å²) >= 11 is 0. The van der Waals surface area contributed by atoms with Crippen LogP contribution in [0.15, 0.2) is 23.3 Å². The van der Waals surface area contributed by atoms with Crippen molar-refractivity contribution in [2.24, 2.45) is 5.92 Å². The zero-order valence-corrected chi connectivity index (χ0v) is 11.5. The lowest BCUT2D eigenvalue weighted by Gasteiger charge is -2.16. The first-order valence-corrected chi connectivity index (χ1v) is 6.77. The molecule has 0 saturated carbocycles. The largest absolute Gasteiger partial charge is 0.397 e. The second-order valence-electron chi connectivity index (χ2n) is 4.86. The van der Waals surface area contributed by atoms with Crippen LogP contribution in [-0.4, -0.2) is 28.2 Å². The second kappa shape index (κ2) is 6.38. The highest BCUT2D eigenvalue weighted by atomic mass is 16.3. The molecule has 2 rings (SSSR count). The van der Waals surface area contributed by atoms with Crippen molar-refractivity contribution < 1.29 is 5.11 Å². The van der Waals surface area contributed by atoms with Gasteiger partial charge in [-0.15, -0.1) is 0 Å². The maximum atomic E-state index is 11.6. The molecule has 1 aromatic heterocycles. The van der Waals surface area contributed by atoms with Gasteiger partial charge in [0.05, 0.1) is 28.6 Å². The van der Waals surface area contributed by atoms with E-state index in [-0.39, 0.29) is 12.2 Å². The van der Waals surface area contributed by atoms with Crippen LogP contribution in [0.1, 0.15) is 19.8 Å². The molecule has 0 aliphatic carbocycles. The summed E-state index contributed by atoms with van der Waals surface area (Å²) in [4.78, 5) is 18.3. The topological polar surface area (TPSA) is 104 Å². The number of aromatic amines is 1. The summed E-state index contributed by atoms with van der Waals surface area (Å²) in [6, 6.07) is 3.42. The first kappa shape index (κ1) is 14.3. The van der Waals surface area contributed by atoms with E-state index in [0.717, 1.165) is 25.1 Å². The van der Waals surface area contributed by atoms with Crippen molar-refractivity contribution in [3.8, 4) is 0 Å². The predicted molar refractivity (Wildman–Crippen MR) is 80.7 cm³/mol. The summed E-state index contributed by atoms with van der Waals surface area (Å²) in [7, 11) is 0. The Labute approximate surface area is 117 Å². The Morgan fingerprint density at radius 1 is 1.50 bits per heavy atom. The molecule has 6 heteroatoms. The van der Waals surface area contributed by atoms with Crippen LogP contribution < -0.4 is 16.6 Å². The van der Waals surface area contributed by atoms with Crippen molar-refractivity contribution in [3.05, 3.63) is 28.8 Å². The van der Waals surface area contributed by atoms with E-state index in [4.69, 9.17) is 10.8 Å². The fraction of sp³-hybridized carbons (Fsp3) is 0.429. The minimum atomic E-state index is -0.194. The van der Waals surface area contributed by atoms with Crippen molar-refractivity contribution in [1.29, 1.82) is 0 Å². The van der Waals surface area contributed by atoms with Gasteiger partial charge in [0, 0.05) is 13.2 Å². The Morgan fingerprint density at radius 2 is 2.30 bits per heavy atom. The molecule has 1 unspecified atom stereocenters. The first-order chi connectivity index (χ1) is 9.65. The smallest absolute Gasteiger partial charge is 0.258 e. The number of nitrogens with zero attached hydrogens (tertiary/aromatic N) is 1. The number of nitrogens with two attached hydrogens (primary N) is 1. The Hall–Kier alpha value is -2.08. The van der Waals surface area contributed by atoms with E-state index < -0.39 is 0 Å². The SMILES string of the molecule is CCC(CCO)CNc1cc2nc[nH]c(=O)c2cc1N. The minimum absolute atomic E-state index is 0.185. The van der Waals surface area contributed by atoms with Crippen LogP contribution in [-0.2, 0) is 0 Å². The number of aliphatic hydroxyl groups is 1. The standard InChI is InChI=1S/C14H20N4O2/c1-2-9(3-4-19)7-16-13-6-12-10(5-11(13)15)14(20)18-8-17-12/h5-6,8-9,16,19H,2-4,7,15H2,1H3,(H,17,18,20). The maximum Gasteiger partial charge on any atom is 0.258 e. The molecule has 0 saturated heterocycles. The van der Waals surface area contributed by atoms with Crippen molar-refractivity contribution in [2.75, 3.05) is 24.2 Å². The minimum Gasteiger partial charge on any atom is -0.397 e. The number of rotatable bonds is 6. The van der Waals surface area contributed by atoms with Gasteiger partial charge in [0.25, 0.3) is 5.56 Å². The van der Waals surface area contributed by atoms with Gasteiger partial charge < -0.3 is 21.1 Å². The van der Waals surface area contributed by atoms with Gasteiger partial charge in [0.15, 0.2) is 0 Å². The number of fused-ring (bicyclic) bond motifs is 1. The van der Waals surface area contributed by atoms with Crippen LogP contribution in [0.5, 0.6) is 0 Å². The Bertz CT molecular complexity index is 639. The molecule has 5 N–H and O–H groups in total. The molecular weight excluding hydrogens is 256 g/mol. The quantitative estimate of drug-likeness (QED) is 0.596. The summed E-state index contributed by atoms with van der Waals surface area (Å²) in [5, 5.41) is 12.7. The average Bonchev–Trinajstić information content (AvgIpc) is 2.44. The highest BCUT2D eigenvalue weighted by molar-refractivity contribution is 5.88. The lowest BCUT2D eigenvalue weighted by atomic mass is 10.0. The highest BCUT2D eigenvalue weighted by Gasteiger charge is 2.09. The van der Waals surface area contributed by atoms with Crippen molar-refractivity contribution >= 4 is 22.3 Å². The molecule has 1 atom stereocenters. The normalized spacial score (nSPS) is 12.5. The number of nitrogens with one attached hydrogen (secondary N) is 2. The highest BCUT2D eigenvalue weighted by Crippen LogP contribution is 2.23. The fourth-order valence-corrected chi connectivity index (χ4v) is 2.17. The molecule has 20 heavy (non-hydrogen) atoms. The van der Waals surface area contributed by atoms with Crippen LogP contribution in [0, 0.1) is 5.92 Å². The molecule has 2 aromatic rings. The number of H-pyrrole nitrogens is 1. The Kier molecular flexibility index (Phi) is 4.57. The third kappa shape index (κ3) is 3.08. The van der Waals surface area contributed by atoms with Gasteiger partial charge in [-0.1, -0.05) is 13.3 Å². The van der Waals surface area contributed by atoms with Crippen LogP contribution in [0.3, 0.4) is 0 Å². The molecule has 0 bridgehead atoms. The summed E-state index contributed by atoms with van der Waals surface area (Å²) < 4.78 is 0. The molecular formula is C14H20N4O2. The Balaban J connectivity index is 2.22. The van der Waals surface area contributed by atoms with Crippen molar-refractivity contribution in [2.45, 2.75) is 19.8 Å². The van der Waals surface area contributed by atoms with Gasteiger partial charge in [-0.05, 0) is 24.5 Å². The lowest BCUT2D eigenvalue weighted by molar-refractivity contribution is 0.258. The van der Waals surface area contributed by atoms with E-state index in [2.05, 4.69) is 22.2 Å². The lowest BCUT2D eigenvalue weighted by Crippen LogP contribution is -2.16. The van der Waals surface area contributed by atoms with Crippen LogP contribution in [0.25, 0.3) is 10.9 Å². The van der Waals surface area contributed by atoms with Crippen LogP contribution in [0.4, 0.5) is 11.4 Å². The number of hydrogen-bond donors (Lipinski definition) is 4. The fourth-order valence-electron chi connectivity index (χ4n) is 2.17. The zero-order valence-electron chi connectivity index (χ0n) is 11.5. The number of aromatic nitrogens is 2. The predicted octanol–water partition coefficient (Wildman–Crippen LogP) is 1.33. The molecule has 0 aliphatic rings. The molecule has 6 nitrogen and oxygen atoms in total. The third-order valence-corrected chi connectivity index (χ3v) is 3.51. The number of benzene rings is 1. The Morgan fingerprint density at radius 3 is 3.00 bits per heavy atom. The van der Waals surface area contributed by atoms with Gasteiger partial charge in [0.1, 0.15) is 0 Å². The molecule has 1 heterocycles. The second-order valence-corrected chi connectivity index (χ2v) is 4.86. The van der Waals surface area contributed by atoms with Gasteiger partial charge in [-0.25, -0.2) is 4.98 Å². The molecule has 0 aliphatic heterocycles. The van der Waals surface area contributed by atoms with Gasteiger partial charge >= 0.3 is 0 Å². The van der Waals surface area contributed by atoms with Gasteiger partial charge in [-0.2, -0.15) is 0 Å². The molecule has 1 aromatic carbocycles. The molecule has 0 fully saturated rings. The molecule has 0 radical (unpaired) electrons. The van der Waals surface area contributed by atoms with Crippen LogP contribution >= 0.6 is 0 Å². The van der Waals surface area contributed by atoms with E-state index in [1.807, 2.05) is 0 Å². The number of anilines is 2. The monoisotopic (exact) mass is 276 g/mol. The zero-order chi connectivity index (χ0) is 14.5. The molecule has 0 amide bonds. The summed E-state index contributed by atoms with van der Waals surface area (Å²) in [6.45, 7) is 3.01. The summed E-state index contributed by atoms with van der Waals surface area (Å²) in [6.07, 6.45) is 3.12. The van der Waals surface area contributed by atoms with E-state index >= 15 is 0 Å². The summed E-state index contributed by atoms with van der Waals surface area (Å²) in [5.74, 6) is 0.391. The molecule has 108 valence electrons. The van der Waals surface area contributed by atoms with E-state index in [0.29, 0.717) is 22.5 Å². The van der Waals surface area contributed by atoms with E-state index in [1.54, 1.807) is 12.1 Å². The first-order valence-electron chi connectivity index (χ1n) is 6.77. The van der Waals surface area contributed by atoms with Crippen LogP contribution in [0.2, 0.25) is 0 Å².